The molecule has 62 heavy (non-hydrogen) atoms. The van der Waals surface area contributed by atoms with E-state index < -0.39 is 0 Å². The molecule has 0 heterocycles. The van der Waals surface area contributed by atoms with E-state index in [1.165, 1.54) is 59.8 Å². The van der Waals surface area contributed by atoms with Crippen LogP contribution in [0.15, 0.2) is 164 Å². The van der Waals surface area contributed by atoms with Gasteiger partial charge in [0.05, 0.1) is 46.0 Å². The summed E-state index contributed by atoms with van der Waals surface area (Å²) >= 11 is 0. The summed E-state index contributed by atoms with van der Waals surface area (Å²) in [5.41, 5.74) is 11.7. The lowest BCUT2D eigenvalue weighted by Crippen LogP contribution is -2.24. The fourth-order valence-electron chi connectivity index (χ4n) is 10.3. The molecule has 0 unspecified atom stereocenters. The minimum atomic E-state index is -0.0730. The van der Waals surface area contributed by atoms with Crippen LogP contribution in [0.25, 0.3) is 53.9 Å². The molecule has 4 nitrogen and oxygen atoms in total. The minimum absolute atomic E-state index is 0.0730. The van der Waals surface area contributed by atoms with E-state index in [1.54, 1.807) is 0 Å². The zero-order chi connectivity index (χ0) is 42.3. The average Bonchev–Trinajstić information content (AvgIpc) is 3.31. The number of benzene rings is 10. The van der Waals surface area contributed by atoms with Crippen LogP contribution < -0.4 is 9.80 Å². The first-order valence-corrected chi connectivity index (χ1v) is 21.6. The van der Waals surface area contributed by atoms with Crippen molar-refractivity contribution in [2.24, 2.45) is 0 Å². The Morgan fingerprint density at radius 3 is 1.55 bits per heavy atom. The van der Waals surface area contributed by atoms with Gasteiger partial charge < -0.3 is 9.80 Å². The molecule has 296 valence electrons. The lowest BCUT2D eigenvalue weighted by atomic mass is 9.70. The number of fused-ring (bicyclic) bond motifs is 2. The molecule has 0 N–H and O–H groups in total. The van der Waals surface area contributed by atoms with Crippen LogP contribution in [0, 0.1) is 22.7 Å². The second kappa shape index (κ2) is 14.2. The molecule has 10 aromatic rings. The Kier molecular flexibility index (Phi) is 8.57. The standard InChI is InChI=1S/C58H44N4/c1-36(2)48-33-54(62(43-25-21-38(35-60)22-26-43)52-18-10-14-40-12-6-8-16-45(40)52)49-32-50-55-41(29-30-58(50,3)4)31-53(47-28-27-46(48)56(49)57(47)55)61(42-23-19-37(34-59)20-24-42)51-17-9-13-39-11-5-7-15-44(39)51/h5-28,31-33,36H,29-30H2,1-4H3. The predicted molar refractivity (Wildman–Crippen MR) is 259 cm³/mol. The minimum Gasteiger partial charge on any atom is -0.309 e. The van der Waals surface area contributed by atoms with E-state index in [9.17, 15) is 10.5 Å². The van der Waals surface area contributed by atoms with E-state index in [4.69, 9.17) is 0 Å². The van der Waals surface area contributed by atoms with Gasteiger partial charge in [-0.1, -0.05) is 113 Å². The number of hydrogen-bond acceptors (Lipinski definition) is 4. The number of nitriles is 2. The Hall–Kier alpha value is -7.66. The lowest BCUT2D eigenvalue weighted by molar-refractivity contribution is 0.475. The van der Waals surface area contributed by atoms with Crippen molar-refractivity contribution in [3.05, 3.63) is 192 Å². The van der Waals surface area contributed by atoms with E-state index in [-0.39, 0.29) is 11.3 Å². The molecule has 0 fully saturated rings. The first kappa shape index (κ1) is 37.3. The van der Waals surface area contributed by atoms with Crippen molar-refractivity contribution in [2.75, 3.05) is 9.80 Å². The maximum absolute atomic E-state index is 9.88. The highest BCUT2D eigenvalue weighted by Crippen LogP contribution is 2.55. The number of nitrogens with zero attached hydrogens (tertiary/aromatic N) is 4. The first-order valence-electron chi connectivity index (χ1n) is 21.6. The molecule has 0 aliphatic heterocycles. The van der Waals surface area contributed by atoms with Crippen molar-refractivity contribution < 1.29 is 0 Å². The molecule has 4 heteroatoms. The van der Waals surface area contributed by atoms with E-state index >= 15 is 0 Å². The predicted octanol–water partition coefficient (Wildman–Crippen LogP) is 15.9. The van der Waals surface area contributed by atoms with Gasteiger partial charge in [-0.2, -0.15) is 10.5 Å². The van der Waals surface area contributed by atoms with E-state index in [0.717, 1.165) is 57.7 Å². The van der Waals surface area contributed by atoms with Crippen molar-refractivity contribution >= 4 is 88.0 Å². The highest BCUT2D eigenvalue weighted by molar-refractivity contribution is 6.31. The van der Waals surface area contributed by atoms with Crippen LogP contribution in [-0.2, 0) is 11.8 Å². The Labute approximate surface area is 362 Å². The van der Waals surface area contributed by atoms with Crippen molar-refractivity contribution in [3.8, 4) is 12.1 Å². The lowest BCUT2D eigenvalue weighted by Gasteiger charge is -2.37. The summed E-state index contributed by atoms with van der Waals surface area (Å²) < 4.78 is 0. The molecular formula is C58H44N4. The summed E-state index contributed by atoms with van der Waals surface area (Å²) in [4.78, 5) is 4.86. The molecule has 10 aromatic carbocycles. The second-order valence-electron chi connectivity index (χ2n) is 17.8. The number of rotatable bonds is 7. The quantitative estimate of drug-likeness (QED) is 0.151. The third-order valence-electron chi connectivity index (χ3n) is 13.4. The van der Waals surface area contributed by atoms with E-state index in [1.807, 2.05) is 24.3 Å². The number of hydrogen-bond donors (Lipinski definition) is 0. The third kappa shape index (κ3) is 5.72. The van der Waals surface area contributed by atoms with Crippen LogP contribution in [0.1, 0.15) is 67.9 Å². The molecule has 0 atom stereocenters. The number of anilines is 6. The van der Waals surface area contributed by atoms with Crippen molar-refractivity contribution in [1.82, 2.24) is 0 Å². The van der Waals surface area contributed by atoms with Gasteiger partial charge in [-0.25, -0.2) is 0 Å². The van der Waals surface area contributed by atoms with Gasteiger partial charge >= 0.3 is 0 Å². The highest BCUT2D eigenvalue weighted by Gasteiger charge is 2.34. The van der Waals surface area contributed by atoms with Crippen molar-refractivity contribution in [1.29, 1.82) is 10.5 Å². The van der Waals surface area contributed by atoms with Crippen LogP contribution in [0.3, 0.4) is 0 Å². The summed E-state index contributed by atoms with van der Waals surface area (Å²) in [6.07, 6.45) is 1.99. The zero-order valence-electron chi connectivity index (χ0n) is 35.4. The zero-order valence-corrected chi connectivity index (χ0v) is 35.4. The average molecular weight is 797 g/mol. The molecule has 0 spiro atoms. The van der Waals surface area contributed by atoms with Gasteiger partial charge in [0.15, 0.2) is 0 Å². The second-order valence-corrected chi connectivity index (χ2v) is 17.8. The molecule has 0 saturated carbocycles. The largest absolute Gasteiger partial charge is 0.309 e. The summed E-state index contributed by atoms with van der Waals surface area (Å²) in [6.45, 7) is 9.44. The van der Waals surface area contributed by atoms with Crippen LogP contribution in [-0.4, -0.2) is 0 Å². The Morgan fingerprint density at radius 1 is 0.484 bits per heavy atom. The van der Waals surface area contributed by atoms with E-state index in [0.29, 0.717) is 11.1 Å². The molecule has 0 aromatic heterocycles. The molecule has 0 amide bonds. The SMILES string of the molecule is CC(C)c1cc(N(c2ccc(C#N)cc2)c2cccc3ccccc23)c2cc3c4c(cc(N(c5ccc(C#N)cc5)c5cccc6ccccc56)c5ccc1c2c54)CCC3(C)C. The van der Waals surface area contributed by atoms with Gasteiger partial charge in [-0.05, 0) is 147 Å². The van der Waals surface area contributed by atoms with Crippen LogP contribution in [0.2, 0.25) is 0 Å². The molecular weight excluding hydrogens is 753 g/mol. The fraction of sp³-hybridized carbons (Fsp3) is 0.138. The summed E-state index contributed by atoms with van der Waals surface area (Å²) in [5, 5.41) is 32.0. The molecule has 1 aliphatic rings. The molecule has 1 aliphatic carbocycles. The molecule has 0 saturated heterocycles. The molecule has 11 rings (SSSR count). The smallest absolute Gasteiger partial charge is 0.0991 e. The fourth-order valence-corrected chi connectivity index (χ4v) is 10.3. The first-order chi connectivity index (χ1) is 30.2. The Balaban J connectivity index is 1.31. The topological polar surface area (TPSA) is 54.1 Å². The van der Waals surface area contributed by atoms with Gasteiger partial charge in [-0.15, -0.1) is 0 Å². The van der Waals surface area contributed by atoms with Gasteiger partial charge in [0.1, 0.15) is 0 Å². The highest BCUT2D eigenvalue weighted by atomic mass is 15.2. The van der Waals surface area contributed by atoms with Gasteiger partial charge in [0, 0.05) is 38.3 Å². The maximum Gasteiger partial charge on any atom is 0.0991 e. The van der Waals surface area contributed by atoms with Gasteiger partial charge in [0.2, 0.25) is 0 Å². The van der Waals surface area contributed by atoms with Crippen molar-refractivity contribution in [3.63, 3.8) is 0 Å². The van der Waals surface area contributed by atoms with Crippen LogP contribution in [0.4, 0.5) is 34.1 Å². The third-order valence-corrected chi connectivity index (χ3v) is 13.4. The summed E-state index contributed by atoms with van der Waals surface area (Å²) in [6, 6.07) is 63.3. The Morgan fingerprint density at radius 2 is 1.00 bits per heavy atom. The van der Waals surface area contributed by atoms with Crippen LogP contribution >= 0.6 is 0 Å². The maximum atomic E-state index is 9.88. The van der Waals surface area contributed by atoms with Gasteiger partial charge in [-0.3, -0.25) is 0 Å². The molecule has 0 bridgehead atoms. The monoisotopic (exact) mass is 796 g/mol. The number of aryl methyl sites for hydroxylation is 1. The normalized spacial score (nSPS) is 13.3. The summed E-state index contributed by atoms with van der Waals surface area (Å²) in [5.74, 6) is 0.238. The summed E-state index contributed by atoms with van der Waals surface area (Å²) in [7, 11) is 0. The van der Waals surface area contributed by atoms with E-state index in [2.05, 4.69) is 189 Å². The van der Waals surface area contributed by atoms with Crippen molar-refractivity contribution in [2.45, 2.75) is 51.9 Å². The van der Waals surface area contributed by atoms with Gasteiger partial charge in [0.25, 0.3) is 0 Å². The molecule has 0 radical (unpaired) electrons. The van der Waals surface area contributed by atoms with Crippen LogP contribution in [0.5, 0.6) is 0 Å². The Bertz CT molecular complexity index is 3480.